The number of rotatable bonds is 1. The first kappa shape index (κ1) is 7.74. The summed E-state index contributed by atoms with van der Waals surface area (Å²) in [4.78, 5) is 4.35. The van der Waals surface area contributed by atoms with Gasteiger partial charge in [-0.3, -0.25) is 4.98 Å². The molecular formula is C10H14N2. The second kappa shape index (κ2) is 2.56. The Labute approximate surface area is 72.8 Å². The first-order valence-corrected chi connectivity index (χ1v) is 4.43. The Bertz CT molecular complexity index is 272. The van der Waals surface area contributed by atoms with E-state index in [0.29, 0.717) is 0 Å². The Kier molecular flexibility index (Phi) is 1.65. The number of pyridine rings is 1. The maximum atomic E-state index is 6.11. The van der Waals surface area contributed by atoms with Crippen molar-refractivity contribution < 1.29 is 0 Å². The Balaban J connectivity index is 2.28. The maximum absolute atomic E-state index is 6.11. The monoisotopic (exact) mass is 162 g/mol. The summed E-state index contributed by atoms with van der Waals surface area (Å²) in [5.41, 5.74) is 8.26. The molecular weight excluding hydrogens is 148 g/mol. The van der Waals surface area contributed by atoms with Gasteiger partial charge in [-0.05, 0) is 37.8 Å². The molecule has 0 spiro atoms. The SMILES string of the molecule is Cc1ccc(C2(N)CCC2)nc1. The third-order valence-electron chi connectivity index (χ3n) is 2.67. The van der Waals surface area contributed by atoms with Crippen molar-refractivity contribution in [1.82, 2.24) is 4.98 Å². The highest BCUT2D eigenvalue weighted by molar-refractivity contribution is 5.21. The van der Waals surface area contributed by atoms with Crippen molar-refractivity contribution in [2.75, 3.05) is 0 Å². The highest BCUT2D eigenvalue weighted by Crippen LogP contribution is 2.37. The molecule has 0 bridgehead atoms. The van der Waals surface area contributed by atoms with Crippen LogP contribution in [0.4, 0.5) is 0 Å². The van der Waals surface area contributed by atoms with Crippen molar-refractivity contribution in [1.29, 1.82) is 0 Å². The molecule has 0 amide bonds. The average Bonchev–Trinajstić information content (AvgIpc) is 2.02. The molecule has 1 aliphatic rings. The second-order valence-corrected chi connectivity index (χ2v) is 3.73. The number of hydrogen-bond acceptors (Lipinski definition) is 2. The minimum atomic E-state index is -0.103. The molecule has 0 saturated heterocycles. The zero-order valence-corrected chi connectivity index (χ0v) is 7.38. The molecule has 2 rings (SSSR count). The van der Waals surface area contributed by atoms with E-state index in [4.69, 9.17) is 5.73 Å². The van der Waals surface area contributed by atoms with Gasteiger partial charge >= 0.3 is 0 Å². The molecule has 0 unspecified atom stereocenters. The van der Waals surface area contributed by atoms with Crippen LogP contribution in [0.25, 0.3) is 0 Å². The minimum Gasteiger partial charge on any atom is -0.320 e. The molecule has 1 aromatic heterocycles. The predicted octanol–water partition coefficient (Wildman–Crippen LogP) is 1.73. The van der Waals surface area contributed by atoms with Crippen molar-refractivity contribution in [3.8, 4) is 0 Å². The summed E-state index contributed by atoms with van der Waals surface area (Å²) in [6, 6.07) is 4.13. The van der Waals surface area contributed by atoms with Gasteiger partial charge in [0, 0.05) is 6.20 Å². The number of aryl methyl sites for hydroxylation is 1. The number of aromatic nitrogens is 1. The zero-order valence-electron chi connectivity index (χ0n) is 7.38. The van der Waals surface area contributed by atoms with E-state index in [0.717, 1.165) is 18.5 Å². The van der Waals surface area contributed by atoms with Crippen LogP contribution in [-0.4, -0.2) is 4.98 Å². The van der Waals surface area contributed by atoms with Gasteiger partial charge in [-0.1, -0.05) is 6.07 Å². The van der Waals surface area contributed by atoms with Gasteiger partial charge < -0.3 is 5.73 Å². The van der Waals surface area contributed by atoms with Gasteiger partial charge in [0.2, 0.25) is 0 Å². The van der Waals surface area contributed by atoms with Gasteiger partial charge in [0.1, 0.15) is 0 Å². The van der Waals surface area contributed by atoms with Crippen molar-refractivity contribution in [2.45, 2.75) is 31.7 Å². The highest BCUT2D eigenvalue weighted by atomic mass is 14.9. The third kappa shape index (κ3) is 1.12. The smallest absolute Gasteiger partial charge is 0.0602 e. The lowest BCUT2D eigenvalue weighted by Crippen LogP contribution is -2.43. The van der Waals surface area contributed by atoms with Crippen LogP contribution in [0.5, 0.6) is 0 Å². The maximum Gasteiger partial charge on any atom is 0.0602 e. The van der Waals surface area contributed by atoms with Crippen LogP contribution >= 0.6 is 0 Å². The quantitative estimate of drug-likeness (QED) is 0.683. The van der Waals surface area contributed by atoms with Crippen molar-refractivity contribution in [3.63, 3.8) is 0 Å². The van der Waals surface area contributed by atoms with Crippen LogP contribution in [0.15, 0.2) is 18.3 Å². The summed E-state index contributed by atoms with van der Waals surface area (Å²) in [7, 11) is 0. The third-order valence-corrected chi connectivity index (χ3v) is 2.67. The Hall–Kier alpha value is -0.890. The summed E-state index contributed by atoms with van der Waals surface area (Å²) < 4.78 is 0. The molecule has 0 radical (unpaired) electrons. The minimum absolute atomic E-state index is 0.103. The summed E-state index contributed by atoms with van der Waals surface area (Å²) in [5, 5.41) is 0. The molecule has 2 heteroatoms. The van der Waals surface area contributed by atoms with E-state index in [1.54, 1.807) is 0 Å². The lowest BCUT2D eigenvalue weighted by molar-refractivity contribution is 0.246. The van der Waals surface area contributed by atoms with Crippen LogP contribution in [0.1, 0.15) is 30.5 Å². The topological polar surface area (TPSA) is 38.9 Å². The fourth-order valence-corrected chi connectivity index (χ4v) is 1.58. The number of hydrogen-bond donors (Lipinski definition) is 1. The molecule has 1 aliphatic carbocycles. The molecule has 1 heterocycles. The lowest BCUT2D eigenvalue weighted by Gasteiger charge is -2.37. The normalized spacial score (nSPS) is 20.2. The van der Waals surface area contributed by atoms with Gasteiger partial charge in [0.25, 0.3) is 0 Å². The van der Waals surface area contributed by atoms with E-state index in [1.165, 1.54) is 12.0 Å². The molecule has 0 aliphatic heterocycles. The molecule has 64 valence electrons. The van der Waals surface area contributed by atoms with E-state index in [1.807, 2.05) is 13.1 Å². The van der Waals surface area contributed by atoms with Crippen LogP contribution < -0.4 is 5.73 Å². The van der Waals surface area contributed by atoms with Gasteiger partial charge in [-0.15, -0.1) is 0 Å². The van der Waals surface area contributed by atoms with E-state index >= 15 is 0 Å². The van der Waals surface area contributed by atoms with E-state index in [-0.39, 0.29) is 5.54 Å². The fraction of sp³-hybridized carbons (Fsp3) is 0.500. The van der Waals surface area contributed by atoms with Crippen molar-refractivity contribution in [3.05, 3.63) is 29.6 Å². The lowest BCUT2D eigenvalue weighted by atomic mass is 9.75. The van der Waals surface area contributed by atoms with Gasteiger partial charge in [-0.2, -0.15) is 0 Å². The second-order valence-electron chi connectivity index (χ2n) is 3.73. The average molecular weight is 162 g/mol. The Morgan fingerprint density at radius 1 is 1.42 bits per heavy atom. The van der Waals surface area contributed by atoms with Crippen molar-refractivity contribution in [2.24, 2.45) is 5.73 Å². The predicted molar refractivity (Wildman–Crippen MR) is 48.7 cm³/mol. The standard InChI is InChI=1S/C10H14N2/c1-8-3-4-9(12-7-8)10(11)5-2-6-10/h3-4,7H,2,5-6,11H2,1H3. The largest absolute Gasteiger partial charge is 0.320 e. The molecule has 2 N–H and O–H groups in total. The van der Waals surface area contributed by atoms with Gasteiger partial charge in [-0.25, -0.2) is 0 Å². The van der Waals surface area contributed by atoms with E-state index in [9.17, 15) is 0 Å². The summed E-state index contributed by atoms with van der Waals surface area (Å²) in [6.45, 7) is 2.04. The number of nitrogens with zero attached hydrogens (tertiary/aromatic N) is 1. The summed E-state index contributed by atoms with van der Waals surface area (Å²) >= 11 is 0. The van der Waals surface area contributed by atoms with Crippen LogP contribution in [0, 0.1) is 6.92 Å². The molecule has 1 aromatic rings. The first-order valence-electron chi connectivity index (χ1n) is 4.43. The van der Waals surface area contributed by atoms with Crippen LogP contribution in [0.3, 0.4) is 0 Å². The van der Waals surface area contributed by atoms with Crippen molar-refractivity contribution >= 4 is 0 Å². The Morgan fingerprint density at radius 2 is 2.17 bits per heavy atom. The van der Waals surface area contributed by atoms with E-state index in [2.05, 4.69) is 17.1 Å². The summed E-state index contributed by atoms with van der Waals surface area (Å²) in [6.07, 6.45) is 5.31. The molecule has 1 fully saturated rings. The van der Waals surface area contributed by atoms with Crippen LogP contribution in [-0.2, 0) is 5.54 Å². The highest BCUT2D eigenvalue weighted by Gasteiger charge is 2.35. The molecule has 2 nitrogen and oxygen atoms in total. The van der Waals surface area contributed by atoms with Gasteiger partial charge in [0.15, 0.2) is 0 Å². The van der Waals surface area contributed by atoms with Gasteiger partial charge in [0.05, 0.1) is 11.2 Å². The molecule has 12 heavy (non-hydrogen) atoms. The summed E-state index contributed by atoms with van der Waals surface area (Å²) in [5.74, 6) is 0. The molecule has 0 atom stereocenters. The van der Waals surface area contributed by atoms with E-state index < -0.39 is 0 Å². The molecule has 1 saturated carbocycles. The zero-order chi connectivity index (χ0) is 8.60. The Morgan fingerprint density at radius 3 is 2.58 bits per heavy atom. The fourth-order valence-electron chi connectivity index (χ4n) is 1.58. The molecule has 0 aromatic carbocycles. The van der Waals surface area contributed by atoms with Crippen LogP contribution in [0.2, 0.25) is 0 Å². The number of nitrogens with two attached hydrogens (primary N) is 1. The first-order chi connectivity index (χ1) is 5.71.